The Morgan fingerprint density at radius 1 is 1.13 bits per heavy atom. The number of benzene rings is 2. The van der Waals surface area contributed by atoms with Crippen molar-refractivity contribution < 1.29 is 14.3 Å². The van der Waals surface area contributed by atoms with E-state index in [-0.39, 0.29) is 11.9 Å². The molecule has 0 aromatic heterocycles. The van der Waals surface area contributed by atoms with Gasteiger partial charge >= 0.3 is 0 Å². The maximum Gasteiger partial charge on any atom is 0.251 e. The Kier molecular flexibility index (Phi) is 5.74. The molecule has 0 aliphatic heterocycles. The van der Waals surface area contributed by atoms with E-state index in [2.05, 4.69) is 5.32 Å². The smallest absolute Gasteiger partial charge is 0.251 e. The number of ether oxygens (including phenoxy) is 2. The monoisotopic (exact) mass is 353 g/mol. The molecule has 23 heavy (non-hydrogen) atoms. The van der Waals surface area contributed by atoms with Crippen LogP contribution < -0.4 is 14.8 Å². The molecule has 0 saturated carbocycles. The second-order valence-electron chi connectivity index (χ2n) is 4.94. The molecule has 2 aromatic rings. The minimum atomic E-state index is -0.264. The molecule has 6 heteroatoms. The SMILES string of the molecule is COc1cc(C(=O)N[C@H](C)c2cccc(Cl)c2)cc(Cl)c1OC. The Morgan fingerprint density at radius 3 is 2.48 bits per heavy atom. The van der Waals surface area contributed by atoms with Gasteiger partial charge in [-0.3, -0.25) is 4.79 Å². The topological polar surface area (TPSA) is 47.6 Å². The summed E-state index contributed by atoms with van der Waals surface area (Å²) in [6, 6.07) is 10.3. The average molecular weight is 354 g/mol. The molecule has 122 valence electrons. The van der Waals surface area contributed by atoms with Gasteiger partial charge in [-0.15, -0.1) is 0 Å². The quantitative estimate of drug-likeness (QED) is 0.860. The predicted octanol–water partition coefficient (Wildman–Crippen LogP) is 4.50. The fraction of sp³-hybridized carbons (Fsp3) is 0.235. The highest BCUT2D eigenvalue weighted by Gasteiger charge is 2.17. The Bertz CT molecular complexity index is 719. The van der Waals surface area contributed by atoms with E-state index in [4.69, 9.17) is 32.7 Å². The third kappa shape index (κ3) is 4.09. The first-order valence-corrected chi connectivity index (χ1v) is 7.69. The number of carbonyl (C=O) groups is 1. The highest BCUT2D eigenvalue weighted by atomic mass is 35.5. The standard InChI is InChI=1S/C17H17Cl2NO3/c1-10(11-5-4-6-13(18)7-11)20-17(21)12-8-14(19)16(23-3)15(9-12)22-2/h4-10H,1-3H3,(H,20,21)/t10-/m1/s1. The van der Waals surface area contributed by atoms with Crippen molar-refractivity contribution >= 4 is 29.1 Å². The lowest BCUT2D eigenvalue weighted by Crippen LogP contribution is -2.26. The van der Waals surface area contributed by atoms with Crippen molar-refractivity contribution in [3.63, 3.8) is 0 Å². The number of halogens is 2. The summed E-state index contributed by atoms with van der Waals surface area (Å²) in [7, 11) is 2.98. The van der Waals surface area contributed by atoms with Crippen molar-refractivity contribution in [2.75, 3.05) is 14.2 Å². The van der Waals surface area contributed by atoms with Crippen LogP contribution in [0.25, 0.3) is 0 Å². The van der Waals surface area contributed by atoms with Crippen molar-refractivity contribution in [1.82, 2.24) is 5.32 Å². The fourth-order valence-electron chi connectivity index (χ4n) is 2.19. The summed E-state index contributed by atoms with van der Waals surface area (Å²) in [6.45, 7) is 1.88. The number of hydrogen-bond donors (Lipinski definition) is 1. The molecule has 2 rings (SSSR count). The van der Waals surface area contributed by atoms with Gasteiger partial charge in [0.05, 0.1) is 25.3 Å². The maximum atomic E-state index is 12.4. The first-order chi connectivity index (χ1) is 11.0. The minimum Gasteiger partial charge on any atom is -0.493 e. The first-order valence-electron chi connectivity index (χ1n) is 6.94. The molecule has 0 radical (unpaired) electrons. The van der Waals surface area contributed by atoms with Gasteiger partial charge in [0, 0.05) is 10.6 Å². The summed E-state index contributed by atoms with van der Waals surface area (Å²) in [4.78, 5) is 12.4. The molecule has 2 aromatic carbocycles. The Balaban J connectivity index is 2.22. The molecular formula is C17H17Cl2NO3. The second-order valence-corrected chi connectivity index (χ2v) is 5.79. The third-order valence-electron chi connectivity index (χ3n) is 3.39. The summed E-state index contributed by atoms with van der Waals surface area (Å²) in [5.41, 5.74) is 1.30. The average Bonchev–Trinajstić information content (AvgIpc) is 2.53. The molecule has 1 N–H and O–H groups in total. The zero-order valence-electron chi connectivity index (χ0n) is 13.0. The molecule has 0 unspecified atom stereocenters. The van der Waals surface area contributed by atoms with Crippen LogP contribution in [0.3, 0.4) is 0 Å². The first kappa shape index (κ1) is 17.4. The summed E-state index contributed by atoms with van der Waals surface area (Å²) in [6.07, 6.45) is 0. The van der Waals surface area contributed by atoms with Gasteiger partial charge in [0.25, 0.3) is 5.91 Å². The molecule has 0 aliphatic carbocycles. The van der Waals surface area contributed by atoms with Crippen molar-refractivity contribution in [1.29, 1.82) is 0 Å². The number of amides is 1. The van der Waals surface area contributed by atoms with Gasteiger partial charge in [-0.25, -0.2) is 0 Å². The summed E-state index contributed by atoms with van der Waals surface area (Å²) in [5, 5.41) is 3.84. The summed E-state index contributed by atoms with van der Waals surface area (Å²) in [5.74, 6) is 0.537. The van der Waals surface area contributed by atoms with E-state index in [0.717, 1.165) is 5.56 Å². The molecule has 0 saturated heterocycles. The molecule has 4 nitrogen and oxygen atoms in total. The molecule has 0 fully saturated rings. The Labute approximate surface area is 145 Å². The van der Waals surface area contributed by atoms with Crippen molar-refractivity contribution in [2.24, 2.45) is 0 Å². The normalized spacial score (nSPS) is 11.7. The van der Waals surface area contributed by atoms with Crippen molar-refractivity contribution in [3.05, 3.63) is 57.6 Å². The lowest BCUT2D eigenvalue weighted by molar-refractivity contribution is 0.0939. The van der Waals surface area contributed by atoms with E-state index in [1.165, 1.54) is 14.2 Å². The van der Waals surface area contributed by atoms with Crippen molar-refractivity contribution in [2.45, 2.75) is 13.0 Å². The number of rotatable bonds is 5. The van der Waals surface area contributed by atoms with E-state index in [1.807, 2.05) is 25.1 Å². The minimum absolute atomic E-state index is 0.201. The highest BCUT2D eigenvalue weighted by Crippen LogP contribution is 2.36. The zero-order chi connectivity index (χ0) is 17.0. The molecule has 1 amide bonds. The molecule has 0 spiro atoms. The van der Waals surface area contributed by atoms with Crippen LogP contribution in [0.1, 0.15) is 28.9 Å². The van der Waals surface area contributed by atoms with Gasteiger partial charge in [0.2, 0.25) is 0 Å². The lowest BCUT2D eigenvalue weighted by Gasteiger charge is -2.16. The van der Waals surface area contributed by atoms with E-state index in [9.17, 15) is 4.79 Å². The van der Waals surface area contributed by atoms with Crippen LogP contribution in [-0.4, -0.2) is 20.1 Å². The molecule has 0 bridgehead atoms. The number of nitrogens with one attached hydrogen (secondary N) is 1. The van der Waals surface area contributed by atoms with E-state index in [1.54, 1.807) is 18.2 Å². The van der Waals surface area contributed by atoms with Crippen LogP contribution >= 0.6 is 23.2 Å². The predicted molar refractivity (Wildman–Crippen MR) is 91.9 cm³/mol. The molecule has 1 atom stereocenters. The number of methoxy groups -OCH3 is 2. The van der Waals surface area contributed by atoms with Crippen LogP contribution in [-0.2, 0) is 0 Å². The summed E-state index contributed by atoms with van der Waals surface area (Å²) >= 11 is 12.1. The van der Waals surface area contributed by atoms with Gasteiger partial charge in [-0.1, -0.05) is 35.3 Å². The number of hydrogen-bond acceptors (Lipinski definition) is 3. The second kappa shape index (κ2) is 7.57. The maximum absolute atomic E-state index is 12.4. The largest absolute Gasteiger partial charge is 0.493 e. The van der Waals surface area contributed by atoms with Crippen LogP contribution in [0.5, 0.6) is 11.5 Å². The highest BCUT2D eigenvalue weighted by molar-refractivity contribution is 6.32. The third-order valence-corrected chi connectivity index (χ3v) is 3.91. The Morgan fingerprint density at radius 2 is 1.87 bits per heavy atom. The molecule has 0 aliphatic rings. The van der Waals surface area contributed by atoms with Gasteiger partial charge in [-0.05, 0) is 36.8 Å². The van der Waals surface area contributed by atoms with E-state index >= 15 is 0 Å². The van der Waals surface area contributed by atoms with Crippen molar-refractivity contribution in [3.8, 4) is 11.5 Å². The number of carbonyl (C=O) groups excluding carboxylic acids is 1. The Hall–Kier alpha value is -1.91. The van der Waals surface area contributed by atoms with Crippen LogP contribution in [0.2, 0.25) is 10.0 Å². The van der Waals surface area contributed by atoms with Gasteiger partial charge in [0.15, 0.2) is 11.5 Å². The molecule has 0 heterocycles. The zero-order valence-corrected chi connectivity index (χ0v) is 14.5. The van der Waals surface area contributed by atoms with Crippen LogP contribution in [0.15, 0.2) is 36.4 Å². The van der Waals surface area contributed by atoms with Gasteiger partial charge in [0.1, 0.15) is 0 Å². The van der Waals surface area contributed by atoms with Gasteiger partial charge < -0.3 is 14.8 Å². The van der Waals surface area contributed by atoms with E-state index < -0.39 is 0 Å². The van der Waals surface area contributed by atoms with Gasteiger partial charge in [-0.2, -0.15) is 0 Å². The van der Waals surface area contributed by atoms with Crippen LogP contribution in [0, 0.1) is 0 Å². The molecular weight excluding hydrogens is 337 g/mol. The lowest BCUT2D eigenvalue weighted by atomic mass is 10.1. The van der Waals surface area contributed by atoms with Crippen LogP contribution in [0.4, 0.5) is 0 Å². The summed E-state index contributed by atoms with van der Waals surface area (Å²) < 4.78 is 10.4. The van der Waals surface area contributed by atoms with E-state index in [0.29, 0.717) is 27.1 Å². The fourth-order valence-corrected chi connectivity index (χ4v) is 2.67.